The first kappa shape index (κ1) is 12.2. The highest BCUT2D eigenvalue weighted by atomic mass is 32.1. The Balaban J connectivity index is 1.72. The summed E-state index contributed by atoms with van der Waals surface area (Å²) in [5.74, 6) is 0.173. The van der Waals surface area contributed by atoms with Gasteiger partial charge in [0.05, 0.1) is 0 Å². The highest BCUT2D eigenvalue weighted by Gasteiger charge is 2.29. The Labute approximate surface area is 113 Å². The Morgan fingerprint density at radius 3 is 2.95 bits per heavy atom. The second-order valence-corrected chi connectivity index (χ2v) is 5.78. The van der Waals surface area contributed by atoms with Gasteiger partial charge in [-0.25, -0.2) is 0 Å². The van der Waals surface area contributed by atoms with Crippen molar-refractivity contribution < 1.29 is 4.79 Å². The number of aromatic nitrogens is 3. The molecule has 1 saturated heterocycles. The lowest BCUT2D eigenvalue weighted by molar-refractivity contribution is 0.0786. The number of carbonyl (C=O) groups excluding carboxylic acids is 1. The van der Waals surface area contributed by atoms with Crippen LogP contribution in [0.5, 0.6) is 0 Å². The van der Waals surface area contributed by atoms with Crippen LogP contribution in [0.25, 0.3) is 0 Å². The van der Waals surface area contributed by atoms with E-state index >= 15 is 0 Å². The fourth-order valence-electron chi connectivity index (χ4n) is 2.39. The monoisotopic (exact) mass is 278 g/mol. The van der Waals surface area contributed by atoms with Crippen LogP contribution in [0.4, 0.5) is 0 Å². The minimum absolute atomic E-state index is 0.0234. The molecule has 1 fully saturated rings. The van der Waals surface area contributed by atoms with Crippen molar-refractivity contribution in [3.05, 3.63) is 38.8 Å². The fraction of sp³-hybridized carbons (Fsp3) is 0.417. The maximum absolute atomic E-state index is 12.2. The van der Waals surface area contributed by atoms with Gasteiger partial charge in [-0.1, -0.05) is 0 Å². The van der Waals surface area contributed by atoms with E-state index < -0.39 is 0 Å². The van der Waals surface area contributed by atoms with Crippen LogP contribution in [0.2, 0.25) is 0 Å². The molecule has 7 heteroatoms. The molecule has 1 amide bonds. The largest absolute Gasteiger partial charge is 0.337 e. The molecular formula is C12H14N4O2S. The first-order valence-corrected chi connectivity index (χ1v) is 6.91. The van der Waals surface area contributed by atoms with Gasteiger partial charge in [0, 0.05) is 35.6 Å². The van der Waals surface area contributed by atoms with E-state index in [2.05, 4.69) is 14.6 Å². The lowest BCUT2D eigenvalue weighted by Crippen LogP contribution is -2.28. The van der Waals surface area contributed by atoms with E-state index in [1.165, 1.54) is 11.5 Å². The minimum Gasteiger partial charge on any atom is -0.337 e. The molecule has 19 heavy (non-hydrogen) atoms. The van der Waals surface area contributed by atoms with E-state index in [4.69, 9.17) is 0 Å². The van der Waals surface area contributed by atoms with E-state index in [1.54, 1.807) is 11.0 Å². The third-order valence-corrected chi connectivity index (χ3v) is 4.07. The number of hydrogen-bond acceptors (Lipinski definition) is 4. The number of hydrogen-bond donors (Lipinski definition) is 2. The highest BCUT2D eigenvalue weighted by Crippen LogP contribution is 2.26. The number of likely N-dealkylation sites (tertiary alicyclic amines) is 1. The van der Waals surface area contributed by atoms with Crippen molar-refractivity contribution in [3.8, 4) is 0 Å². The molecule has 0 aliphatic carbocycles. The molecule has 0 aromatic carbocycles. The summed E-state index contributed by atoms with van der Waals surface area (Å²) >= 11 is 1.34. The number of amides is 1. The molecule has 0 radical (unpaired) electrons. The van der Waals surface area contributed by atoms with Crippen LogP contribution in [0.15, 0.2) is 16.9 Å². The number of carbonyl (C=O) groups is 1. The quantitative estimate of drug-likeness (QED) is 0.863. The summed E-state index contributed by atoms with van der Waals surface area (Å²) in [4.78, 5) is 26.2. The molecule has 2 aromatic heterocycles. The number of nitrogens with zero attached hydrogens (tertiary/aromatic N) is 2. The number of rotatable bonds is 2. The molecule has 0 bridgehead atoms. The van der Waals surface area contributed by atoms with Crippen LogP contribution < -0.4 is 5.56 Å². The Hall–Kier alpha value is -1.89. The third kappa shape index (κ3) is 2.33. The maximum atomic E-state index is 12.2. The van der Waals surface area contributed by atoms with Crippen LogP contribution >= 0.6 is 11.5 Å². The van der Waals surface area contributed by atoms with E-state index in [0.29, 0.717) is 18.8 Å². The lowest BCUT2D eigenvalue weighted by Gasteiger charge is -2.14. The standard InChI is InChI=1S/C12H14N4O2S/c1-7-4-10(15-19-7)12(18)16-3-2-8(6-16)9-5-11(17)14-13-9/h4-5,8H,2-3,6H2,1H3,(H2,13,14,17). The molecule has 6 nitrogen and oxygen atoms in total. The van der Waals surface area contributed by atoms with Crippen molar-refractivity contribution in [2.45, 2.75) is 19.3 Å². The number of aryl methyl sites for hydroxylation is 1. The van der Waals surface area contributed by atoms with Crippen molar-refractivity contribution in [2.75, 3.05) is 13.1 Å². The number of nitrogens with one attached hydrogen (secondary N) is 2. The molecule has 0 saturated carbocycles. The summed E-state index contributed by atoms with van der Waals surface area (Å²) in [6, 6.07) is 3.38. The Morgan fingerprint density at radius 1 is 1.47 bits per heavy atom. The first-order valence-electron chi connectivity index (χ1n) is 6.13. The van der Waals surface area contributed by atoms with Gasteiger partial charge in [-0.05, 0) is 30.9 Å². The highest BCUT2D eigenvalue weighted by molar-refractivity contribution is 7.05. The van der Waals surface area contributed by atoms with Gasteiger partial charge < -0.3 is 10.00 Å². The van der Waals surface area contributed by atoms with Crippen LogP contribution in [0.3, 0.4) is 0 Å². The zero-order valence-electron chi connectivity index (χ0n) is 10.5. The topological polar surface area (TPSA) is 81.9 Å². The van der Waals surface area contributed by atoms with E-state index in [-0.39, 0.29) is 17.4 Å². The van der Waals surface area contributed by atoms with Crippen molar-refractivity contribution in [1.29, 1.82) is 0 Å². The molecular weight excluding hydrogens is 264 g/mol. The predicted molar refractivity (Wildman–Crippen MR) is 71.5 cm³/mol. The van der Waals surface area contributed by atoms with Gasteiger partial charge in [-0.15, -0.1) is 0 Å². The minimum atomic E-state index is -0.130. The van der Waals surface area contributed by atoms with E-state index in [0.717, 1.165) is 17.0 Å². The number of H-pyrrole nitrogens is 2. The summed E-state index contributed by atoms with van der Waals surface area (Å²) in [7, 11) is 0. The van der Waals surface area contributed by atoms with Crippen molar-refractivity contribution >= 4 is 17.4 Å². The SMILES string of the molecule is Cc1cc(C(=O)N2CCC(c3cc(=O)[nH][nH]3)C2)ns1. The van der Waals surface area contributed by atoms with E-state index in [1.807, 2.05) is 13.0 Å². The molecule has 0 spiro atoms. The lowest BCUT2D eigenvalue weighted by atomic mass is 10.1. The molecule has 1 unspecified atom stereocenters. The zero-order chi connectivity index (χ0) is 13.4. The van der Waals surface area contributed by atoms with Gasteiger partial charge in [0.15, 0.2) is 0 Å². The maximum Gasteiger partial charge on any atom is 0.273 e. The molecule has 100 valence electrons. The third-order valence-electron chi connectivity index (χ3n) is 3.38. The van der Waals surface area contributed by atoms with Gasteiger partial charge in [-0.3, -0.25) is 14.7 Å². The molecule has 1 atom stereocenters. The van der Waals surface area contributed by atoms with Crippen molar-refractivity contribution in [2.24, 2.45) is 0 Å². The van der Waals surface area contributed by atoms with Gasteiger partial charge >= 0.3 is 0 Å². The molecule has 2 aromatic rings. The molecule has 2 N–H and O–H groups in total. The summed E-state index contributed by atoms with van der Waals surface area (Å²) in [5.41, 5.74) is 1.26. The zero-order valence-corrected chi connectivity index (χ0v) is 11.3. The Morgan fingerprint density at radius 2 is 2.32 bits per heavy atom. The fourth-order valence-corrected chi connectivity index (χ4v) is 2.93. The first-order chi connectivity index (χ1) is 9.13. The van der Waals surface area contributed by atoms with Gasteiger partial charge in [0.2, 0.25) is 0 Å². The van der Waals surface area contributed by atoms with Crippen LogP contribution in [0.1, 0.15) is 33.4 Å². The van der Waals surface area contributed by atoms with Crippen LogP contribution in [-0.2, 0) is 0 Å². The van der Waals surface area contributed by atoms with Crippen molar-refractivity contribution in [3.63, 3.8) is 0 Å². The second-order valence-electron chi connectivity index (χ2n) is 4.77. The van der Waals surface area contributed by atoms with Crippen LogP contribution in [0, 0.1) is 6.92 Å². The summed E-state index contributed by atoms with van der Waals surface area (Å²) in [6.07, 6.45) is 0.864. The predicted octanol–water partition coefficient (Wildman–Crippen LogP) is 1.10. The molecule has 3 rings (SSSR count). The average molecular weight is 278 g/mol. The molecule has 1 aliphatic rings. The smallest absolute Gasteiger partial charge is 0.273 e. The Kier molecular flexibility index (Phi) is 2.98. The summed E-state index contributed by atoms with van der Waals surface area (Å²) in [5, 5.41) is 5.39. The van der Waals surface area contributed by atoms with Crippen molar-refractivity contribution in [1.82, 2.24) is 19.5 Å². The van der Waals surface area contributed by atoms with Gasteiger partial charge in [0.25, 0.3) is 11.5 Å². The summed E-state index contributed by atoms with van der Waals surface area (Å²) < 4.78 is 4.15. The Bertz CT molecular complexity index is 656. The van der Waals surface area contributed by atoms with Crippen LogP contribution in [-0.4, -0.2) is 38.5 Å². The number of aromatic amines is 2. The van der Waals surface area contributed by atoms with Gasteiger partial charge in [-0.2, -0.15) is 4.37 Å². The summed E-state index contributed by atoms with van der Waals surface area (Å²) in [6.45, 7) is 3.27. The second kappa shape index (κ2) is 4.65. The normalized spacial score (nSPS) is 19.0. The van der Waals surface area contributed by atoms with E-state index in [9.17, 15) is 9.59 Å². The van der Waals surface area contributed by atoms with Gasteiger partial charge in [0.1, 0.15) is 5.69 Å². The average Bonchev–Trinajstić information content (AvgIpc) is 3.07. The molecule has 3 heterocycles. The molecule has 1 aliphatic heterocycles.